The smallest absolute Gasteiger partial charge is 0.164 e. The molecule has 0 saturated heterocycles. The summed E-state index contributed by atoms with van der Waals surface area (Å²) in [6, 6.07) is 76.6. The van der Waals surface area contributed by atoms with E-state index < -0.39 is 5.41 Å². The molecule has 2 aromatic heterocycles. The van der Waals surface area contributed by atoms with Gasteiger partial charge in [-0.25, -0.2) is 19.9 Å². The summed E-state index contributed by atoms with van der Waals surface area (Å²) >= 11 is 0. The second kappa shape index (κ2) is 14.3. The van der Waals surface area contributed by atoms with Gasteiger partial charge in [-0.2, -0.15) is 0 Å². The van der Waals surface area contributed by atoms with E-state index in [1.54, 1.807) is 0 Å². The molecule has 1 aliphatic carbocycles. The summed E-state index contributed by atoms with van der Waals surface area (Å²) in [6.07, 6.45) is 0. The highest BCUT2D eigenvalue weighted by Gasteiger charge is 2.51. The fourth-order valence-electron chi connectivity index (χ4n) is 10.2. The first kappa shape index (κ1) is 36.1. The van der Waals surface area contributed by atoms with E-state index in [-0.39, 0.29) is 0 Å². The van der Waals surface area contributed by atoms with E-state index in [4.69, 9.17) is 24.7 Å². The lowest BCUT2D eigenvalue weighted by molar-refractivity contribution is 0.442. The second-order valence-corrected chi connectivity index (χ2v) is 16.5. The molecule has 2 aliphatic rings. The lowest BCUT2D eigenvalue weighted by atomic mass is 9.65. The lowest BCUT2D eigenvalue weighted by Gasteiger charge is -2.40. The Morgan fingerprint density at radius 2 is 0.859 bits per heavy atom. The van der Waals surface area contributed by atoms with Crippen molar-refractivity contribution in [3.63, 3.8) is 0 Å². The fourth-order valence-corrected chi connectivity index (χ4v) is 10.2. The van der Waals surface area contributed by atoms with Gasteiger partial charge in [0.05, 0.1) is 16.6 Å². The van der Waals surface area contributed by atoms with Gasteiger partial charge in [-0.1, -0.05) is 200 Å². The zero-order chi connectivity index (χ0) is 42.2. The van der Waals surface area contributed by atoms with Crippen LogP contribution in [0.2, 0.25) is 0 Å². The van der Waals surface area contributed by atoms with Gasteiger partial charge >= 0.3 is 0 Å². The SMILES string of the molecule is c1ccc(-c2cccc(-c3nc(-c4ccccc4)nc(-c4ccc(-c5nc6ccccc6c6c7c(ccc56)C5(c6ccccc6O7)c6ccccc6-c6ccccc65)cc4)n3)c2)cc1. The molecule has 5 nitrogen and oxygen atoms in total. The van der Waals surface area contributed by atoms with Crippen LogP contribution in [0.1, 0.15) is 22.3 Å². The van der Waals surface area contributed by atoms with Gasteiger partial charge in [-0.3, -0.25) is 0 Å². The number of pyridine rings is 1. The van der Waals surface area contributed by atoms with Gasteiger partial charge in [-0.05, 0) is 51.6 Å². The van der Waals surface area contributed by atoms with Crippen molar-refractivity contribution < 1.29 is 4.74 Å². The van der Waals surface area contributed by atoms with Crippen molar-refractivity contribution in [1.29, 1.82) is 0 Å². The minimum atomic E-state index is -0.567. The molecule has 3 heterocycles. The van der Waals surface area contributed by atoms with Crippen LogP contribution >= 0.6 is 0 Å². The Balaban J connectivity index is 0.981. The van der Waals surface area contributed by atoms with Gasteiger partial charge in [-0.15, -0.1) is 0 Å². The first-order chi connectivity index (χ1) is 31.7. The zero-order valence-corrected chi connectivity index (χ0v) is 34.5. The Morgan fingerprint density at radius 1 is 0.328 bits per heavy atom. The average Bonchev–Trinajstić information content (AvgIpc) is 3.67. The summed E-state index contributed by atoms with van der Waals surface area (Å²) in [5.74, 6) is 3.55. The van der Waals surface area contributed by atoms with Crippen molar-refractivity contribution in [2.45, 2.75) is 5.41 Å². The summed E-state index contributed by atoms with van der Waals surface area (Å²) in [5, 5.41) is 3.11. The molecule has 0 radical (unpaired) electrons. The number of fused-ring (bicyclic) bond motifs is 13. The van der Waals surface area contributed by atoms with Gasteiger partial charge < -0.3 is 4.74 Å². The van der Waals surface area contributed by atoms with E-state index in [0.717, 1.165) is 83.4 Å². The van der Waals surface area contributed by atoms with Gasteiger partial charge in [0.25, 0.3) is 0 Å². The minimum Gasteiger partial charge on any atom is -0.456 e. The number of aromatic nitrogens is 4. The Hall–Kier alpha value is -8.54. The van der Waals surface area contributed by atoms with E-state index in [0.29, 0.717) is 17.5 Å². The lowest BCUT2D eigenvalue weighted by Crippen LogP contribution is -2.32. The molecular formula is C59H36N4O. The van der Waals surface area contributed by atoms with Crippen LogP contribution in [0.25, 0.3) is 89.4 Å². The number of hydrogen-bond acceptors (Lipinski definition) is 5. The zero-order valence-electron chi connectivity index (χ0n) is 34.5. The van der Waals surface area contributed by atoms with Crippen molar-refractivity contribution in [2.75, 3.05) is 0 Å². The van der Waals surface area contributed by atoms with Crippen LogP contribution in [0.4, 0.5) is 0 Å². The summed E-state index contributed by atoms with van der Waals surface area (Å²) in [7, 11) is 0. The van der Waals surface area contributed by atoms with Crippen LogP contribution in [0.5, 0.6) is 11.5 Å². The number of rotatable bonds is 5. The Labute approximate surface area is 370 Å². The molecule has 13 rings (SSSR count). The van der Waals surface area contributed by atoms with E-state index in [2.05, 4.69) is 182 Å². The Kier molecular flexibility index (Phi) is 8.06. The van der Waals surface area contributed by atoms with Crippen LogP contribution in [0.3, 0.4) is 0 Å². The number of ether oxygens (including phenoxy) is 1. The predicted octanol–water partition coefficient (Wildman–Crippen LogP) is 14.4. The Morgan fingerprint density at radius 3 is 1.58 bits per heavy atom. The highest BCUT2D eigenvalue weighted by atomic mass is 16.5. The first-order valence-electron chi connectivity index (χ1n) is 21.6. The summed E-state index contributed by atoms with van der Waals surface area (Å²) in [6.45, 7) is 0. The molecule has 0 bridgehead atoms. The van der Waals surface area contributed by atoms with Gasteiger partial charge in [0.2, 0.25) is 0 Å². The molecule has 1 aliphatic heterocycles. The number of hydrogen-bond donors (Lipinski definition) is 0. The largest absolute Gasteiger partial charge is 0.456 e. The highest BCUT2D eigenvalue weighted by Crippen LogP contribution is 2.63. The van der Waals surface area contributed by atoms with E-state index in [1.165, 1.54) is 22.3 Å². The minimum absolute atomic E-state index is 0.567. The van der Waals surface area contributed by atoms with Crippen molar-refractivity contribution in [3.8, 4) is 79.2 Å². The number of para-hydroxylation sites is 2. The van der Waals surface area contributed by atoms with Crippen molar-refractivity contribution >= 4 is 21.7 Å². The first-order valence-corrected chi connectivity index (χ1v) is 21.6. The third-order valence-corrected chi connectivity index (χ3v) is 13.0. The Bertz CT molecular complexity index is 3600. The maximum Gasteiger partial charge on any atom is 0.164 e. The van der Waals surface area contributed by atoms with E-state index in [1.807, 2.05) is 36.4 Å². The van der Waals surface area contributed by atoms with Crippen LogP contribution in [0.15, 0.2) is 218 Å². The average molecular weight is 817 g/mol. The van der Waals surface area contributed by atoms with Crippen LogP contribution < -0.4 is 4.74 Å². The molecule has 9 aromatic carbocycles. The normalized spacial score (nSPS) is 12.9. The standard InChI is InChI=1S/C59H36N4O/c1-3-16-37(17-4-1)41-20-15-21-42(36-41)58-62-56(39-18-5-2-6-19-39)61-57(63-58)40-32-30-38(31-33-40)54-46-34-35-50-55(53(46)45-24-9-13-28-51(45)60-54)64-52-29-14-12-27-49(52)59(50)47-25-10-7-22-43(47)44-23-8-11-26-48(44)59/h1-36H. The van der Waals surface area contributed by atoms with Crippen molar-refractivity contribution in [1.82, 2.24) is 19.9 Å². The van der Waals surface area contributed by atoms with Crippen LogP contribution in [0, 0.1) is 0 Å². The monoisotopic (exact) mass is 816 g/mol. The molecular weight excluding hydrogens is 781 g/mol. The third-order valence-electron chi connectivity index (χ3n) is 13.0. The molecule has 0 amide bonds. The quantitative estimate of drug-likeness (QED) is 0.162. The molecule has 5 heteroatoms. The predicted molar refractivity (Wildman–Crippen MR) is 257 cm³/mol. The third kappa shape index (κ3) is 5.44. The molecule has 0 atom stereocenters. The number of benzene rings is 9. The second-order valence-electron chi connectivity index (χ2n) is 16.5. The molecule has 298 valence electrons. The maximum atomic E-state index is 7.16. The van der Waals surface area contributed by atoms with Crippen molar-refractivity contribution in [2.24, 2.45) is 0 Å². The van der Waals surface area contributed by atoms with Crippen LogP contribution in [-0.4, -0.2) is 19.9 Å². The fraction of sp³-hybridized carbons (Fsp3) is 0.0169. The van der Waals surface area contributed by atoms with E-state index in [9.17, 15) is 0 Å². The van der Waals surface area contributed by atoms with Gasteiger partial charge in [0.1, 0.15) is 11.5 Å². The van der Waals surface area contributed by atoms with Crippen LogP contribution in [-0.2, 0) is 5.41 Å². The molecule has 64 heavy (non-hydrogen) atoms. The van der Waals surface area contributed by atoms with Gasteiger partial charge in [0.15, 0.2) is 17.5 Å². The molecule has 1 spiro atoms. The van der Waals surface area contributed by atoms with E-state index >= 15 is 0 Å². The summed E-state index contributed by atoms with van der Waals surface area (Å²) in [4.78, 5) is 20.6. The topological polar surface area (TPSA) is 60.8 Å². The highest BCUT2D eigenvalue weighted by molar-refractivity contribution is 6.15. The van der Waals surface area contributed by atoms with Gasteiger partial charge in [0, 0.05) is 49.5 Å². The molecule has 0 N–H and O–H groups in total. The molecule has 11 aromatic rings. The maximum absolute atomic E-state index is 7.16. The summed E-state index contributed by atoms with van der Waals surface area (Å²) in [5.41, 5.74) is 14.5. The van der Waals surface area contributed by atoms with Crippen molar-refractivity contribution in [3.05, 3.63) is 241 Å². The molecule has 0 fully saturated rings. The summed E-state index contributed by atoms with van der Waals surface area (Å²) < 4.78 is 7.16. The molecule has 0 unspecified atom stereocenters. The molecule has 0 saturated carbocycles. The number of nitrogens with zero attached hydrogens (tertiary/aromatic N) is 4.